The second-order valence-corrected chi connectivity index (χ2v) is 6.64. The molecule has 0 heterocycles. The van der Waals surface area contributed by atoms with E-state index >= 15 is 0 Å². The fourth-order valence-corrected chi connectivity index (χ4v) is 2.61. The third kappa shape index (κ3) is 17.7. The molecule has 5 heteroatoms. The van der Waals surface area contributed by atoms with Gasteiger partial charge in [-0.3, -0.25) is 4.79 Å². The van der Waals surface area contributed by atoms with Crippen molar-refractivity contribution >= 4 is 5.97 Å². The Labute approximate surface area is 153 Å². The highest BCUT2D eigenvalue weighted by Gasteiger charge is 2.08. The number of carbonyl (C=O) groups excluding carboxylic acids is 1. The summed E-state index contributed by atoms with van der Waals surface area (Å²) in [4.78, 5) is 11.2. The maximum Gasteiger partial charge on any atom is 0.308 e. The summed E-state index contributed by atoms with van der Waals surface area (Å²) in [5, 5.41) is 27.4. The monoisotopic (exact) mass is 358 g/mol. The largest absolute Gasteiger partial charge is 0.433 e. The van der Waals surface area contributed by atoms with Crippen molar-refractivity contribution in [2.45, 2.75) is 103 Å². The minimum absolute atomic E-state index is 0.197. The summed E-state index contributed by atoms with van der Waals surface area (Å²) >= 11 is 0. The van der Waals surface area contributed by atoms with E-state index in [-0.39, 0.29) is 12.5 Å². The molecule has 148 valence electrons. The van der Waals surface area contributed by atoms with Crippen molar-refractivity contribution < 1.29 is 24.9 Å². The molecule has 0 bridgehead atoms. The normalized spacial score (nSPS) is 13.9. The molecule has 0 spiro atoms. The fraction of sp³-hybridized carbons (Fsp3) is 0.850. The quantitative estimate of drug-likeness (QED) is 0.159. The van der Waals surface area contributed by atoms with Crippen molar-refractivity contribution in [1.29, 1.82) is 0 Å². The highest BCUT2D eigenvalue weighted by Crippen LogP contribution is 2.11. The standard InChI is InChI=1S/C20H38O5/c1-2-3-4-11-14-18(22)15-12-9-7-5-6-8-10-13-16-19(23)25-20(24)17-21/h9,12,18,20-22,24H,2-8,10-11,13-17H2,1H3/b12-9+. The molecular formula is C20H38O5. The highest BCUT2D eigenvalue weighted by atomic mass is 16.6. The zero-order valence-corrected chi connectivity index (χ0v) is 15.9. The number of carbonyl (C=O) groups is 1. The maximum atomic E-state index is 11.2. The number of aliphatic hydroxyl groups excluding tert-OH is 3. The van der Waals surface area contributed by atoms with Gasteiger partial charge in [-0.25, -0.2) is 0 Å². The Morgan fingerprint density at radius 1 is 0.960 bits per heavy atom. The van der Waals surface area contributed by atoms with Crippen LogP contribution in [0.5, 0.6) is 0 Å². The molecule has 0 radical (unpaired) electrons. The lowest BCUT2D eigenvalue weighted by Gasteiger charge is -2.08. The second kappa shape index (κ2) is 17.9. The topological polar surface area (TPSA) is 87.0 Å². The number of rotatable bonds is 17. The van der Waals surface area contributed by atoms with Gasteiger partial charge >= 0.3 is 5.97 Å². The third-order valence-electron chi connectivity index (χ3n) is 4.14. The summed E-state index contributed by atoms with van der Waals surface area (Å²) in [5.41, 5.74) is 0. The number of aliphatic hydroxyl groups is 3. The summed E-state index contributed by atoms with van der Waals surface area (Å²) < 4.78 is 4.56. The Balaban J connectivity index is 3.36. The van der Waals surface area contributed by atoms with Crippen LogP contribution in [0.2, 0.25) is 0 Å². The number of hydrogen-bond acceptors (Lipinski definition) is 5. The minimum Gasteiger partial charge on any atom is -0.433 e. The van der Waals surface area contributed by atoms with Crippen LogP contribution in [0.15, 0.2) is 12.2 Å². The Hall–Kier alpha value is -0.910. The van der Waals surface area contributed by atoms with Crippen LogP contribution in [0.1, 0.15) is 90.4 Å². The van der Waals surface area contributed by atoms with Gasteiger partial charge in [0.05, 0.1) is 6.10 Å². The van der Waals surface area contributed by atoms with Gasteiger partial charge < -0.3 is 20.1 Å². The van der Waals surface area contributed by atoms with E-state index in [0.29, 0.717) is 0 Å². The third-order valence-corrected chi connectivity index (χ3v) is 4.14. The molecule has 0 fully saturated rings. The van der Waals surface area contributed by atoms with Crippen LogP contribution in [0.3, 0.4) is 0 Å². The van der Waals surface area contributed by atoms with Gasteiger partial charge in [-0.05, 0) is 32.1 Å². The molecule has 0 amide bonds. The second-order valence-electron chi connectivity index (χ2n) is 6.64. The smallest absolute Gasteiger partial charge is 0.308 e. The molecular weight excluding hydrogens is 320 g/mol. The molecule has 0 aliphatic carbocycles. The molecule has 0 aliphatic rings. The van der Waals surface area contributed by atoms with E-state index in [9.17, 15) is 9.90 Å². The van der Waals surface area contributed by atoms with Crippen LogP contribution in [-0.4, -0.2) is 40.3 Å². The minimum atomic E-state index is -1.39. The van der Waals surface area contributed by atoms with Crippen molar-refractivity contribution in [3.8, 4) is 0 Å². The lowest BCUT2D eigenvalue weighted by atomic mass is 10.1. The molecule has 2 atom stereocenters. The molecule has 0 rings (SSSR count). The molecule has 3 N–H and O–H groups in total. The Bertz CT molecular complexity index is 330. The summed E-state index contributed by atoms with van der Waals surface area (Å²) in [5.74, 6) is -0.460. The van der Waals surface area contributed by atoms with Crippen molar-refractivity contribution in [2.24, 2.45) is 0 Å². The lowest BCUT2D eigenvalue weighted by Crippen LogP contribution is -2.20. The predicted octanol–water partition coefficient (Wildman–Crippen LogP) is 3.85. The molecule has 0 aromatic carbocycles. The van der Waals surface area contributed by atoms with E-state index < -0.39 is 18.9 Å². The van der Waals surface area contributed by atoms with E-state index in [1.165, 1.54) is 19.3 Å². The van der Waals surface area contributed by atoms with Crippen LogP contribution >= 0.6 is 0 Å². The van der Waals surface area contributed by atoms with Crippen molar-refractivity contribution in [3.63, 3.8) is 0 Å². The Morgan fingerprint density at radius 2 is 1.64 bits per heavy atom. The van der Waals surface area contributed by atoms with Gasteiger partial charge in [0.25, 0.3) is 0 Å². The van der Waals surface area contributed by atoms with E-state index in [2.05, 4.69) is 23.8 Å². The van der Waals surface area contributed by atoms with E-state index in [0.717, 1.165) is 57.8 Å². The molecule has 0 aromatic heterocycles. The zero-order valence-electron chi connectivity index (χ0n) is 15.9. The van der Waals surface area contributed by atoms with Crippen LogP contribution < -0.4 is 0 Å². The highest BCUT2D eigenvalue weighted by molar-refractivity contribution is 5.69. The first-order valence-electron chi connectivity index (χ1n) is 9.91. The molecule has 2 unspecified atom stereocenters. The van der Waals surface area contributed by atoms with Crippen LogP contribution in [0.4, 0.5) is 0 Å². The number of hydrogen-bond donors (Lipinski definition) is 3. The van der Waals surface area contributed by atoms with E-state index in [1.54, 1.807) is 0 Å². The molecule has 0 saturated carbocycles. The van der Waals surface area contributed by atoms with E-state index in [1.807, 2.05) is 0 Å². The van der Waals surface area contributed by atoms with Gasteiger partial charge in [-0.2, -0.15) is 0 Å². The average Bonchev–Trinajstić information content (AvgIpc) is 2.60. The predicted molar refractivity (Wildman–Crippen MR) is 100 cm³/mol. The number of allylic oxidation sites excluding steroid dienone is 1. The maximum absolute atomic E-state index is 11.2. The molecule has 0 aromatic rings. The lowest BCUT2D eigenvalue weighted by molar-refractivity contribution is -0.173. The SMILES string of the molecule is CCCCCCC(O)C/C=C/CCCCCCCC(=O)OC(O)CO. The first kappa shape index (κ1) is 24.1. The Kier molecular flexibility index (Phi) is 17.2. The van der Waals surface area contributed by atoms with Gasteiger partial charge in [0.2, 0.25) is 6.29 Å². The summed E-state index contributed by atoms with van der Waals surface area (Å²) in [6, 6.07) is 0. The van der Waals surface area contributed by atoms with Crippen molar-refractivity contribution in [1.82, 2.24) is 0 Å². The van der Waals surface area contributed by atoms with Gasteiger partial charge in [-0.15, -0.1) is 0 Å². The Morgan fingerprint density at radius 3 is 2.36 bits per heavy atom. The molecule has 5 nitrogen and oxygen atoms in total. The fourth-order valence-electron chi connectivity index (χ4n) is 2.61. The zero-order chi connectivity index (χ0) is 18.8. The number of unbranched alkanes of at least 4 members (excludes halogenated alkanes) is 8. The van der Waals surface area contributed by atoms with Gasteiger partial charge in [0.15, 0.2) is 0 Å². The summed E-state index contributed by atoms with van der Waals surface area (Å²) in [6.45, 7) is 1.63. The first-order valence-corrected chi connectivity index (χ1v) is 9.91. The first-order chi connectivity index (χ1) is 12.1. The van der Waals surface area contributed by atoms with Crippen LogP contribution in [0.25, 0.3) is 0 Å². The van der Waals surface area contributed by atoms with Gasteiger partial charge in [0.1, 0.15) is 6.61 Å². The summed E-state index contributed by atoms with van der Waals surface area (Å²) in [7, 11) is 0. The molecule has 25 heavy (non-hydrogen) atoms. The number of ether oxygens (including phenoxy) is 1. The van der Waals surface area contributed by atoms with Crippen LogP contribution in [-0.2, 0) is 9.53 Å². The van der Waals surface area contributed by atoms with Crippen molar-refractivity contribution in [3.05, 3.63) is 12.2 Å². The van der Waals surface area contributed by atoms with Crippen LogP contribution in [0, 0.1) is 0 Å². The van der Waals surface area contributed by atoms with E-state index in [4.69, 9.17) is 10.2 Å². The molecule has 0 aliphatic heterocycles. The van der Waals surface area contributed by atoms with Gasteiger partial charge in [-0.1, -0.05) is 64.0 Å². The number of esters is 1. The summed E-state index contributed by atoms with van der Waals surface area (Å²) in [6.07, 6.45) is 15.5. The molecule has 0 saturated heterocycles. The van der Waals surface area contributed by atoms with Crippen molar-refractivity contribution in [2.75, 3.05) is 6.61 Å². The average molecular weight is 359 g/mol. The van der Waals surface area contributed by atoms with Gasteiger partial charge in [0, 0.05) is 6.42 Å².